The van der Waals surface area contributed by atoms with Crippen LogP contribution in [0.2, 0.25) is 0 Å². The van der Waals surface area contributed by atoms with Crippen LogP contribution in [0.3, 0.4) is 0 Å². The highest BCUT2D eigenvalue weighted by molar-refractivity contribution is 5.96. The van der Waals surface area contributed by atoms with E-state index in [2.05, 4.69) is 4.98 Å². The molecule has 0 saturated carbocycles. The Kier molecular flexibility index (Phi) is 3.84. The van der Waals surface area contributed by atoms with Gasteiger partial charge in [-0.15, -0.1) is 0 Å². The predicted octanol–water partition coefficient (Wildman–Crippen LogP) is 1.63. The third kappa shape index (κ3) is 2.54. The second-order valence-corrected chi connectivity index (χ2v) is 4.90. The first-order valence-electron chi connectivity index (χ1n) is 6.32. The monoisotopic (exact) mass is 290 g/mol. The van der Waals surface area contributed by atoms with Gasteiger partial charge in [0.15, 0.2) is 5.78 Å². The van der Waals surface area contributed by atoms with Crippen LogP contribution < -0.4 is 0 Å². The molecule has 0 aromatic carbocycles. The zero-order chi connectivity index (χ0) is 15.6. The summed E-state index contributed by atoms with van der Waals surface area (Å²) in [6.45, 7) is 1.68. The Morgan fingerprint density at radius 1 is 1.52 bits per heavy atom. The Labute approximate surface area is 120 Å². The van der Waals surface area contributed by atoms with Crippen LogP contribution in [0.4, 0.5) is 5.69 Å². The van der Waals surface area contributed by atoms with Gasteiger partial charge in [-0.1, -0.05) is 6.08 Å². The zero-order valence-corrected chi connectivity index (χ0v) is 11.7. The molecule has 1 aliphatic rings. The Balaban J connectivity index is 2.69. The van der Waals surface area contributed by atoms with Gasteiger partial charge in [0, 0.05) is 18.7 Å². The number of aryl methyl sites for hydroxylation is 1. The lowest BCUT2D eigenvalue weighted by Gasteiger charge is -2.28. The lowest BCUT2D eigenvalue weighted by atomic mass is 9.75. The van der Waals surface area contributed by atoms with Crippen molar-refractivity contribution in [1.82, 2.24) is 4.98 Å². The number of ketones is 1. The van der Waals surface area contributed by atoms with Gasteiger partial charge in [0.1, 0.15) is 11.1 Å². The zero-order valence-electron chi connectivity index (χ0n) is 11.7. The highest BCUT2D eigenvalue weighted by Crippen LogP contribution is 2.39. The number of esters is 1. The van der Waals surface area contributed by atoms with Crippen molar-refractivity contribution in [1.29, 1.82) is 0 Å². The number of carbonyl (C=O) groups excluding carboxylic acids is 2. The third-order valence-electron chi connectivity index (χ3n) is 3.49. The van der Waals surface area contributed by atoms with Crippen LogP contribution in [0.25, 0.3) is 0 Å². The van der Waals surface area contributed by atoms with Crippen molar-refractivity contribution in [2.24, 2.45) is 0 Å². The van der Waals surface area contributed by atoms with Crippen LogP contribution in [-0.4, -0.2) is 28.8 Å². The average molecular weight is 290 g/mol. The Morgan fingerprint density at radius 3 is 2.76 bits per heavy atom. The van der Waals surface area contributed by atoms with Crippen molar-refractivity contribution < 1.29 is 19.2 Å². The molecule has 7 nitrogen and oxygen atoms in total. The molecule has 0 saturated heterocycles. The van der Waals surface area contributed by atoms with Gasteiger partial charge < -0.3 is 4.74 Å². The first kappa shape index (κ1) is 14.8. The van der Waals surface area contributed by atoms with Crippen molar-refractivity contribution >= 4 is 17.4 Å². The van der Waals surface area contributed by atoms with Gasteiger partial charge in [-0.3, -0.25) is 24.7 Å². The van der Waals surface area contributed by atoms with Crippen LogP contribution in [-0.2, 0) is 19.7 Å². The molecule has 1 aliphatic carbocycles. The summed E-state index contributed by atoms with van der Waals surface area (Å²) in [7, 11) is 1.20. The molecule has 0 spiro atoms. The first-order chi connectivity index (χ1) is 9.90. The number of hydrogen-bond donors (Lipinski definition) is 0. The highest BCUT2D eigenvalue weighted by Gasteiger charge is 2.46. The Morgan fingerprint density at radius 2 is 2.24 bits per heavy atom. The van der Waals surface area contributed by atoms with Gasteiger partial charge in [-0.25, -0.2) is 0 Å². The standard InChI is InChI=1S/C14H14N2O5/c1-9-7-11(16(19)20)12(15-8-9)14(13(18)21-2)5-3-10(17)4-6-14/h3,5,7-8H,4,6H2,1-2H3. The molecule has 1 unspecified atom stereocenters. The van der Waals surface area contributed by atoms with Gasteiger partial charge in [0.05, 0.1) is 12.0 Å². The summed E-state index contributed by atoms with van der Waals surface area (Å²) in [6, 6.07) is 1.36. The molecule has 0 fully saturated rings. The summed E-state index contributed by atoms with van der Waals surface area (Å²) in [5.41, 5.74) is -1.02. The maximum absolute atomic E-state index is 12.2. The molecule has 0 bridgehead atoms. The van der Waals surface area contributed by atoms with E-state index in [1.807, 2.05) is 0 Å². The number of hydrogen-bond acceptors (Lipinski definition) is 6. The first-order valence-corrected chi connectivity index (χ1v) is 6.32. The fourth-order valence-electron chi connectivity index (χ4n) is 2.41. The Hall–Kier alpha value is -2.57. The molecule has 1 aromatic heterocycles. The summed E-state index contributed by atoms with van der Waals surface area (Å²) >= 11 is 0. The van der Waals surface area contributed by atoms with Crippen molar-refractivity contribution in [3.63, 3.8) is 0 Å². The average Bonchev–Trinajstić information content (AvgIpc) is 2.47. The molecule has 0 amide bonds. The summed E-state index contributed by atoms with van der Waals surface area (Å²) in [5, 5.41) is 11.3. The number of allylic oxidation sites excluding steroid dienone is 1. The molecule has 0 radical (unpaired) electrons. The van der Waals surface area contributed by atoms with Gasteiger partial charge >= 0.3 is 5.97 Å². The van der Waals surface area contributed by atoms with Crippen LogP contribution in [0.15, 0.2) is 24.4 Å². The number of pyridine rings is 1. The maximum atomic E-state index is 12.2. The van der Waals surface area contributed by atoms with Gasteiger partial charge in [-0.2, -0.15) is 0 Å². The van der Waals surface area contributed by atoms with E-state index in [-0.39, 0.29) is 30.0 Å². The molecule has 110 valence electrons. The van der Waals surface area contributed by atoms with E-state index in [1.54, 1.807) is 6.92 Å². The van der Waals surface area contributed by atoms with Crippen molar-refractivity contribution in [3.8, 4) is 0 Å². The van der Waals surface area contributed by atoms with Gasteiger partial charge in [0.2, 0.25) is 0 Å². The van der Waals surface area contributed by atoms with Crippen LogP contribution in [0.5, 0.6) is 0 Å². The van der Waals surface area contributed by atoms with Crippen molar-refractivity contribution in [2.45, 2.75) is 25.2 Å². The Bertz CT molecular complexity index is 653. The number of nitrogens with zero attached hydrogens (tertiary/aromatic N) is 2. The lowest BCUT2D eigenvalue weighted by molar-refractivity contribution is -0.386. The van der Waals surface area contributed by atoms with E-state index in [0.717, 1.165) is 0 Å². The molecular formula is C14H14N2O5. The van der Waals surface area contributed by atoms with E-state index in [0.29, 0.717) is 5.56 Å². The lowest BCUT2D eigenvalue weighted by Crippen LogP contribution is -2.39. The number of aromatic nitrogens is 1. The molecule has 1 heterocycles. The number of carbonyl (C=O) groups is 2. The summed E-state index contributed by atoms with van der Waals surface area (Å²) < 4.78 is 4.78. The number of ether oxygens (including phenoxy) is 1. The molecule has 2 rings (SSSR count). The highest BCUT2D eigenvalue weighted by atomic mass is 16.6. The van der Waals surface area contributed by atoms with Crippen LogP contribution in [0.1, 0.15) is 24.1 Å². The number of nitro groups is 1. The van der Waals surface area contributed by atoms with Crippen molar-refractivity contribution in [3.05, 3.63) is 45.8 Å². The minimum Gasteiger partial charge on any atom is -0.468 e. The minimum absolute atomic E-state index is 0.00806. The second-order valence-electron chi connectivity index (χ2n) is 4.90. The van der Waals surface area contributed by atoms with Gasteiger partial charge in [-0.05, 0) is 25.0 Å². The van der Waals surface area contributed by atoms with E-state index < -0.39 is 16.3 Å². The molecule has 1 aromatic rings. The quantitative estimate of drug-likeness (QED) is 0.476. The largest absolute Gasteiger partial charge is 0.468 e. The number of rotatable bonds is 3. The molecule has 0 N–H and O–H groups in total. The van der Waals surface area contributed by atoms with E-state index in [9.17, 15) is 19.7 Å². The van der Waals surface area contributed by atoms with Crippen LogP contribution in [0, 0.1) is 17.0 Å². The topological polar surface area (TPSA) is 99.4 Å². The molecule has 21 heavy (non-hydrogen) atoms. The molecular weight excluding hydrogens is 276 g/mol. The second kappa shape index (κ2) is 5.43. The normalized spacial score (nSPS) is 21.1. The SMILES string of the molecule is COC(=O)C1(c2ncc(C)cc2[N+](=O)[O-])C=CC(=O)CC1. The minimum atomic E-state index is -1.39. The fourth-order valence-corrected chi connectivity index (χ4v) is 2.41. The summed E-state index contributed by atoms with van der Waals surface area (Å²) in [4.78, 5) is 38.3. The van der Waals surface area contributed by atoms with Crippen LogP contribution >= 0.6 is 0 Å². The maximum Gasteiger partial charge on any atom is 0.322 e. The predicted molar refractivity (Wildman–Crippen MR) is 72.7 cm³/mol. The smallest absolute Gasteiger partial charge is 0.322 e. The van der Waals surface area contributed by atoms with E-state index in [1.165, 1.54) is 31.5 Å². The molecule has 0 aliphatic heterocycles. The fraction of sp³-hybridized carbons (Fsp3) is 0.357. The molecule has 7 heteroatoms. The third-order valence-corrected chi connectivity index (χ3v) is 3.49. The van der Waals surface area contributed by atoms with Gasteiger partial charge in [0.25, 0.3) is 5.69 Å². The van der Waals surface area contributed by atoms with E-state index in [4.69, 9.17) is 4.74 Å². The van der Waals surface area contributed by atoms with E-state index >= 15 is 0 Å². The number of methoxy groups -OCH3 is 1. The summed E-state index contributed by atoms with van der Waals surface area (Å²) in [5.74, 6) is -0.796. The van der Waals surface area contributed by atoms with Crippen molar-refractivity contribution in [2.75, 3.05) is 7.11 Å². The molecule has 1 atom stereocenters. The summed E-state index contributed by atoms with van der Waals surface area (Å²) in [6.07, 6.45) is 4.28.